The molecule has 0 spiro atoms. The molecular weight excluding hydrogens is 250 g/mol. The first-order valence-corrected chi connectivity index (χ1v) is 4.36. The minimum atomic E-state index is -0.203. The van der Waals surface area contributed by atoms with E-state index in [-0.39, 0.29) is 35.1 Å². The van der Waals surface area contributed by atoms with Crippen LogP contribution in [0.3, 0.4) is 0 Å². The Morgan fingerprint density at radius 3 is 2.29 bits per heavy atom. The lowest BCUT2D eigenvalue weighted by molar-refractivity contribution is -0.810. The number of rotatable bonds is 1. The van der Waals surface area contributed by atoms with Crippen LogP contribution in [-0.2, 0) is 0 Å². The molecule has 0 bridgehead atoms. The number of carbonyl (C=O) groups excluding carboxylic acids is 2. The monoisotopic (exact) mass is 265 g/mol. The fourth-order valence-corrected chi connectivity index (χ4v) is 1.42. The lowest BCUT2D eigenvalue weighted by Crippen LogP contribution is -3.17. The Kier molecular flexibility index (Phi) is 4.54. The fraction of sp³-hybridized carbons (Fsp3) is 0.750. The van der Waals surface area contributed by atoms with E-state index < -0.39 is 0 Å². The second kappa shape index (κ2) is 4.75. The first-order chi connectivity index (χ1) is 5.95. The van der Waals surface area contributed by atoms with Gasteiger partial charge in [-0.05, 0) is 13.8 Å². The lowest BCUT2D eigenvalue weighted by Gasteiger charge is -2.35. The Hall–Kier alpha value is -0.620. The highest BCUT2D eigenvalue weighted by Crippen LogP contribution is 2.04. The number of nitrogens with one attached hydrogen (secondary N) is 1. The molecule has 1 aliphatic heterocycles. The Balaban J connectivity index is 0.00000169. The van der Waals surface area contributed by atoms with Crippen molar-refractivity contribution >= 4 is 12.1 Å². The van der Waals surface area contributed by atoms with Crippen LogP contribution in [0.25, 0.3) is 0 Å². The van der Waals surface area contributed by atoms with Crippen molar-refractivity contribution in [2.75, 3.05) is 20.8 Å². The summed E-state index contributed by atoms with van der Waals surface area (Å²) in [4.78, 5) is 26.7. The summed E-state index contributed by atoms with van der Waals surface area (Å²) in [5, 5.41) is 0. The van der Waals surface area contributed by atoms with E-state index in [9.17, 15) is 9.59 Å². The highest BCUT2D eigenvalue weighted by molar-refractivity contribution is 5.91. The lowest BCUT2D eigenvalue weighted by atomic mass is 10.3. The van der Waals surface area contributed by atoms with Gasteiger partial charge in [-0.3, -0.25) is 4.90 Å². The normalized spacial score (nSPS) is 22.8. The van der Waals surface area contributed by atoms with Gasteiger partial charge in [-0.2, -0.15) is 0 Å². The summed E-state index contributed by atoms with van der Waals surface area (Å²) in [5.74, 6) is 0. The Morgan fingerprint density at radius 1 is 1.36 bits per heavy atom. The molecule has 0 saturated carbocycles. The molecule has 5 nitrogen and oxygen atoms in total. The zero-order valence-corrected chi connectivity index (χ0v) is 10.5. The number of hydrogen-bond donors (Lipinski definition) is 1. The molecule has 6 heteroatoms. The Labute approximate surface area is 94.4 Å². The summed E-state index contributed by atoms with van der Waals surface area (Å²) in [5.41, 5.74) is 0. The van der Waals surface area contributed by atoms with Gasteiger partial charge < -0.3 is 17.0 Å². The van der Waals surface area contributed by atoms with Crippen LogP contribution in [0.15, 0.2) is 0 Å². The van der Waals surface area contributed by atoms with Crippen molar-refractivity contribution < 1.29 is 31.5 Å². The predicted molar refractivity (Wildman–Crippen MR) is 47.3 cm³/mol. The molecule has 0 radical (unpaired) electrons. The van der Waals surface area contributed by atoms with Crippen LogP contribution in [0.5, 0.6) is 0 Å². The first kappa shape index (κ1) is 13.4. The van der Waals surface area contributed by atoms with E-state index in [4.69, 9.17) is 0 Å². The van der Waals surface area contributed by atoms with Crippen LogP contribution >= 0.6 is 0 Å². The van der Waals surface area contributed by atoms with Gasteiger partial charge in [0.2, 0.25) is 0 Å². The van der Waals surface area contributed by atoms with Gasteiger partial charge in [0.15, 0.2) is 6.67 Å². The van der Waals surface area contributed by atoms with Gasteiger partial charge in [0, 0.05) is 13.1 Å². The van der Waals surface area contributed by atoms with Crippen molar-refractivity contribution in [3.05, 3.63) is 0 Å². The Bertz CT molecular complexity index is 225. The Morgan fingerprint density at radius 2 is 1.86 bits per heavy atom. The van der Waals surface area contributed by atoms with E-state index in [1.165, 1.54) is 4.90 Å². The maximum absolute atomic E-state index is 11.6. The molecule has 4 amide bonds. The SMILES string of the molecule is CC(C)N1C(=O)N(C)C[NH+](C)C1=O.[Br-]. The van der Waals surface area contributed by atoms with Gasteiger partial charge in [-0.1, -0.05) is 0 Å². The minimum absolute atomic E-state index is 0. The first-order valence-electron chi connectivity index (χ1n) is 4.36. The van der Waals surface area contributed by atoms with Crippen molar-refractivity contribution in [1.29, 1.82) is 0 Å². The van der Waals surface area contributed by atoms with E-state index in [1.807, 2.05) is 13.8 Å². The maximum atomic E-state index is 11.6. The van der Waals surface area contributed by atoms with E-state index in [0.29, 0.717) is 6.67 Å². The molecule has 1 rings (SSSR count). The summed E-state index contributed by atoms with van der Waals surface area (Å²) < 4.78 is 0. The van der Waals surface area contributed by atoms with E-state index in [1.54, 1.807) is 19.0 Å². The standard InChI is InChI=1S/C8H15N3O2.BrH/c1-6(2)11-7(12)9(3)5-10(4)8(11)13;/h6H,5H2,1-4H3;1H. The summed E-state index contributed by atoms with van der Waals surface area (Å²) >= 11 is 0. The number of nitrogens with zero attached hydrogens (tertiary/aromatic N) is 2. The van der Waals surface area contributed by atoms with Gasteiger partial charge in [0.1, 0.15) is 0 Å². The second-order valence-electron chi connectivity index (χ2n) is 3.69. The number of carbonyl (C=O) groups is 2. The summed E-state index contributed by atoms with van der Waals surface area (Å²) in [7, 11) is 3.47. The van der Waals surface area contributed by atoms with Crippen LogP contribution in [0.1, 0.15) is 13.8 Å². The zero-order chi connectivity index (χ0) is 10.2. The van der Waals surface area contributed by atoms with Crippen molar-refractivity contribution in [1.82, 2.24) is 9.80 Å². The molecule has 1 unspecified atom stereocenters. The average molecular weight is 266 g/mol. The molecule has 82 valence electrons. The van der Waals surface area contributed by atoms with E-state index in [2.05, 4.69) is 0 Å². The fourth-order valence-electron chi connectivity index (χ4n) is 1.42. The third kappa shape index (κ3) is 2.24. The van der Waals surface area contributed by atoms with Gasteiger partial charge >= 0.3 is 12.1 Å². The second-order valence-corrected chi connectivity index (χ2v) is 3.69. The molecule has 1 fully saturated rings. The van der Waals surface area contributed by atoms with Gasteiger partial charge in [0.05, 0.1) is 7.05 Å². The van der Waals surface area contributed by atoms with E-state index >= 15 is 0 Å². The van der Waals surface area contributed by atoms with Gasteiger partial charge in [-0.25, -0.2) is 19.4 Å². The van der Waals surface area contributed by atoms with Crippen LogP contribution in [0, 0.1) is 0 Å². The number of hydrogen-bond acceptors (Lipinski definition) is 2. The molecular formula is C8H16BrN3O2. The zero-order valence-electron chi connectivity index (χ0n) is 8.87. The summed E-state index contributed by atoms with van der Waals surface area (Å²) in [6.07, 6.45) is 0. The van der Waals surface area contributed by atoms with Crippen molar-refractivity contribution in [2.24, 2.45) is 0 Å². The third-order valence-electron chi connectivity index (χ3n) is 2.11. The third-order valence-corrected chi connectivity index (χ3v) is 2.11. The smallest absolute Gasteiger partial charge is 0.427 e. The number of halogens is 1. The summed E-state index contributed by atoms with van der Waals surface area (Å²) in [6.45, 7) is 4.12. The molecule has 0 aromatic heterocycles. The largest absolute Gasteiger partial charge is 1.00 e. The van der Waals surface area contributed by atoms with Gasteiger partial charge in [-0.15, -0.1) is 0 Å². The quantitative estimate of drug-likeness (QED) is 0.532. The summed E-state index contributed by atoms with van der Waals surface area (Å²) in [6, 6.07) is -0.415. The van der Waals surface area contributed by atoms with E-state index in [0.717, 1.165) is 4.90 Å². The molecule has 1 N–H and O–H groups in total. The molecule has 14 heavy (non-hydrogen) atoms. The number of quaternary nitrogens is 1. The van der Waals surface area contributed by atoms with Crippen LogP contribution < -0.4 is 21.9 Å². The average Bonchev–Trinajstić information content (AvgIpc) is 2.01. The topological polar surface area (TPSA) is 45.1 Å². The van der Waals surface area contributed by atoms with Crippen molar-refractivity contribution in [3.63, 3.8) is 0 Å². The highest BCUT2D eigenvalue weighted by atomic mass is 79.9. The maximum Gasteiger partial charge on any atom is 0.427 e. The molecule has 1 aliphatic rings. The van der Waals surface area contributed by atoms with Crippen LogP contribution in [0.4, 0.5) is 9.59 Å². The van der Waals surface area contributed by atoms with Crippen molar-refractivity contribution in [3.8, 4) is 0 Å². The predicted octanol–water partition coefficient (Wildman–Crippen LogP) is -3.64. The molecule has 1 atom stereocenters. The van der Waals surface area contributed by atoms with Crippen LogP contribution in [0.2, 0.25) is 0 Å². The number of amides is 4. The number of urea groups is 2. The molecule has 1 heterocycles. The van der Waals surface area contributed by atoms with Crippen LogP contribution in [-0.4, -0.2) is 48.7 Å². The molecule has 1 saturated heterocycles. The van der Waals surface area contributed by atoms with Gasteiger partial charge in [0.25, 0.3) is 0 Å². The molecule has 0 aromatic rings. The molecule has 0 aromatic carbocycles. The highest BCUT2D eigenvalue weighted by Gasteiger charge is 2.39. The number of imide groups is 1. The minimum Gasteiger partial charge on any atom is -1.00 e. The van der Waals surface area contributed by atoms with Crippen molar-refractivity contribution in [2.45, 2.75) is 19.9 Å². The molecule has 0 aliphatic carbocycles.